The van der Waals surface area contributed by atoms with Crippen LogP contribution in [0.5, 0.6) is 0 Å². The van der Waals surface area contributed by atoms with Gasteiger partial charge in [-0.15, -0.1) is 0 Å². The number of hydrogen-bond donors (Lipinski definition) is 1. The number of sulfone groups is 1. The van der Waals surface area contributed by atoms with Crippen molar-refractivity contribution in [3.63, 3.8) is 0 Å². The molecule has 0 aliphatic rings. The Hall–Kier alpha value is 0.300. The van der Waals surface area contributed by atoms with Gasteiger partial charge in [-0.05, 0) is 0 Å². The number of sulfonamides is 1. The molecular weight excluding hydrogens is 310 g/mol. The van der Waals surface area contributed by atoms with Crippen molar-refractivity contribution >= 4 is 35.8 Å². The highest BCUT2D eigenvalue weighted by Gasteiger charge is 2.16. The van der Waals surface area contributed by atoms with E-state index in [1.165, 1.54) is 0 Å². The van der Waals surface area contributed by atoms with Gasteiger partial charge in [0, 0.05) is 18.1 Å². The molecule has 0 saturated carbocycles. The summed E-state index contributed by atoms with van der Waals surface area (Å²) in [6.45, 7) is 0.771. The quantitative estimate of drug-likeness (QED) is 0.472. The first-order chi connectivity index (χ1) is 6.77. The Bertz CT molecular complexity index is 363. The third-order valence-corrected chi connectivity index (χ3v) is 5.08. The molecule has 92 valence electrons. The predicted octanol–water partition coefficient (Wildman–Crippen LogP) is -0.681. The Morgan fingerprint density at radius 2 is 1.80 bits per heavy atom. The minimum absolute atomic E-state index is 0.0743. The van der Waals surface area contributed by atoms with Gasteiger partial charge in [-0.2, -0.15) is 0 Å². The SMILES string of the molecule is CS(=O)(=O)CS(=O)(=O)NCCOCCBr. The molecule has 0 aliphatic heterocycles. The zero-order valence-corrected chi connectivity index (χ0v) is 11.5. The molecule has 0 heterocycles. The van der Waals surface area contributed by atoms with Gasteiger partial charge in [0.2, 0.25) is 10.0 Å². The zero-order valence-electron chi connectivity index (χ0n) is 8.27. The molecule has 0 fully saturated rings. The second-order valence-corrected chi connectivity index (χ2v) is 7.96. The largest absolute Gasteiger partial charge is 0.379 e. The summed E-state index contributed by atoms with van der Waals surface area (Å²) in [5, 5.41) is -0.221. The molecule has 0 spiro atoms. The Labute approximate surface area is 98.5 Å². The molecule has 0 bridgehead atoms. The summed E-state index contributed by atoms with van der Waals surface area (Å²) in [6.07, 6.45) is 0.869. The smallest absolute Gasteiger partial charge is 0.226 e. The molecule has 15 heavy (non-hydrogen) atoms. The average molecular weight is 324 g/mol. The lowest BCUT2D eigenvalue weighted by Crippen LogP contribution is -2.32. The van der Waals surface area contributed by atoms with Gasteiger partial charge in [0.15, 0.2) is 14.9 Å². The molecule has 0 aliphatic carbocycles. The lowest BCUT2D eigenvalue weighted by molar-refractivity contribution is 0.156. The minimum atomic E-state index is -3.76. The third-order valence-electron chi connectivity index (χ3n) is 1.16. The van der Waals surface area contributed by atoms with E-state index in [0.29, 0.717) is 11.9 Å². The topological polar surface area (TPSA) is 89.5 Å². The molecule has 0 radical (unpaired) electrons. The third kappa shape index (κ3) is 10.6. The summed E-state index contributed by atoms with van der Waals surface area (Å²) in [4.78, 5) is 0. The normalized spacial score (nSPS) is 12.9. The van der Waals surface area contributed by atoms with Crippen LogP contribution in [0.25, 0.3) is 0 Å². The van der Waals surface area contributed by atoms with Crippen LogP contribution in [0.2, 0.25) is 0 Å². The summed E-state index contributed by atoms with van der Waals surface area (Å²) >= 11 is 3.14. The maximum Gasteiger partial charge on any atom is 0.226 e. The van der Waals surface area contributed by atoms with Crippen molar-refractivity contribution in [1.29, 1.82) is 0 Å². The van der Waals surface area contributed by atoms with Gasteiger partial charge in [-0.1, -0.05) is 15.9 Å². The predicted molar refractivity (Wildman–Crippen MR) is 61.2 cm³/mol. The van der Waals surface area contributed by atoms with Crippen LogP contribution in [0.15, 0.2) is 0 Å². The van der Waals surface area contributed by atoms with Crippen LogP contribution >= 0.6 is 15.9 Å². The number of halogens is 1. The second kappa shape index (κ2) is 6.79. The van der Waals surface area contributed by atoms with Crippen LogP contribution in [0.3, 0.4) is 0 Å². The van der Waals surface area contributed by atoms with E-state index in [9.17, 15) is 16.8 Å². The van der Waals surface area contributed by atoms with Crippen molar-refractivity contribution in [2.75, 3.05) is 36.4 Å². The number of hydrogen-bond acceptors (Lipinski definition) is 5. The molecule has 9 heteroatoms. The van der Waals surface area contributed by atoms with Gasteiger partial charge in [0.1, 0.15) is 0 Å². The molecule has 0 atom stereocenters. The molecule has 6 nitrogen and oxygen atoms in total. The summed E-state index contributed by atoms with van der Waals surface area (Å²) < 4.78 is 50.8. The summed E-state index contributed by atoms with van der Waals surface area (Å²) in [6, 6.07) is 0. The zero-order chi connectivity index (χ0) is 11.9. The van der Waals surface area contributed by atoms with Crippen LogP contribution < -0.4 is 4.72 Å². The molecule has 0 amide bonds. The van der Waals surface area contributed by atoms with Crippen molar-refractivity contribution in [3.8, 4) is 0 Å². The minimum Gasteiger partial charge on any atom is -0.379 e. The van der Waals surface area contributed by atoms with Crippen LogP contribution in [0.1, 0.15) is 0 Å². The standard InChI is InChI=1S/C6H14BrNO5S2/c1-14(9,10)6-15(11,12)8-3-5-13-4-2-7/h8H,2-6H2,1H3. The van der Waals surface area contributed by atoms with Crippen LogP contribution in [-0.2, 0) is 24.6 Å². The molecule has 0 aromatic rings. The Morgan fingerprint density at radius 1 is 1.20 bits per heavy atom. The van der Waals surface area contributed by atoms with Crippen molar-refractivity contribution in [2.24, 2.45) is 0 Å². The van der Waals surface area contributed by atoms with E-state index in [0.717, 1.165) is 6.26 Å². The van der Waals surface area contributed by atoms with Crippen molar-refractivity contribution in [1.82, 2.24) is 4.72 Å². The highest BCUT2D eigenvalue weighted by Crippen LogP contribution is 1.91. The highest BCUT2D eigenvalue weighted by atomic mass is 79.9. The van der Waals surface area contributed by atoms with Crippen molar-refractivity contribution in [2.45, 2.75) is 0 Å². The van der Waals surface area contributed by atoms with Crippen LogP contribution in [0.4, 0.5) is 0 Å². The molecular formula is C6H14BrNO5S2. The Kier molecular flexibility index (Phi) is 6.93. The first kappa shape index (κ1) is 15.3. The van der Waals surface area contributed by atoms with E-state index in [1.54, 1.807) is 0 Å². The average Bonchev–Trinajstić information content (AvgIpc) is 1.99. The fourth-order valence-corrected chi connectivity index (χ4v) is 3.96. The van der Waals surface area contributed by atoms with Gasteiger partial charge in [0.05, 0.1) is 13.2 Å². The number of nitrogens with one attached hydrogen (secondary N) is 1. The van der Waals surface area contributed by atoms with E-state index in [1.807, 2.05) is 0 Å². The molecule has 0 aromatic heterocycles. The van der Waals surface area contributed by atoms with Crippen LogP contribution in [0, 0.1) is 0 Å². The van der Waals surface area contributed by atoms with E-state index >= 15 is 0 Å². The van der Waals surface area contributed by atoms with E-state index < -0.39 is 24.9 Å². The fraction of sp³-hybridized carbons (Fsp3) is 1.00. The van der Waals surface area contributed by atoms with Gasteiger partial charge < -0.3 is 4.74 Å². The van der Waals surface area contributed by atoms with Gasteiger partial charge in [-0.3, -0.25) is 0 Å². The Balaban J connectivity index is 3.86. The van der Waals surface area contributed by atoms with Crippen molar-refractivity contribution < 1.29 is 21.6 Å². The lowest BCUT2D eigenvalue weighted by Gasteiger charge is -2.05. The second-order valence-electron chi connectivity index (χ2n) is 2.85. The van der Waals surface area contributed by atoms with Crippen molar-refractivity contribution in [3.05, 3.63) is 0 Å². The lowest BCUT2D eigenvalue weighted by atomic mass is 10.7. The highest BCUT2D eigenvalue weighted by molar-refractivity contribution is 9.09. The first-order valence-corrected chi connectivity index (χ1v) is 8.89. The van der Waals surface area contributed by atoms with Gasteiger partial charge in [0.25, 0.3) is 0 Å². The monoisotopic (exact) mass is 323 g/mol. The summed E-state index contributed by atoms with van der Waals surface area (Å²) in [7, 11) is -7.28. The Morgan fingerprint density at radius 3 is 2.27 bits per heavy atom. The summed E-state index contributed by atoms with van der Waals surface area (Å²) in [5.74, 6) is 0. The van der Waals surface area contributed by atoms with Gasteiger partial charge >= 0.3 is 0 Å². The van der Waals surface area contributed by atoms with E-state index in [-0.39, 0.29) is 13.2 Å². The van der Waals surface area contributed by atoms with E-state index in [2.05, 4.69) is 20.7 Å². The van der Waals surface area contributed by atoms with Gasteiger partial charge in [-0.25, -0.2) is 21.6 Å². The number of alkyl halides is 1. The van der Waals surface area contributed by atoms with Crippen LogP contribution in [-0.4, -0.2) is 53.3 Å². The molecule has 0 rings (SSSR count). The van der Waals surface area contributed by atoms with E-state index in [4.69, 9.17) is 4.74 Å². The number of rotatable bonds is 8. The fourth-order valence-electron chi connectivity index (χ4n) is 0.749. The molecule has 0 aromatic carbocycles. The molecule has 0 saturated heterocycles. The maximum absolute atomic E-state index is 11.1. The first-order valence-electron chi connectivity index (χ1n) is 4.05. The molecule has 0 unspecified atom stereocenters. The summed E-state index contributed by atoms with van der Waals surface area (Å²) in [5.41, 5.74) is 0. The maximum atomic E-state index is 11.1. The number of ether oxygens (including phenoxy) is 1. The molecule has 1 N–H and O–H groups in total.